The van der Waals surface area contributed by atoms with Gasteiger partial charge in [-0.1, -0.05) is 0 Å². The van der Waals surface area contributed by atoms with Gasteiger partial charge in [0.1, 0.15) is 4.90 Å². The first-order chi connectivity index (χ1) is 8.51. The van der Waals surface area contributed by atoms with Crippen molar-refractivity contribution in [1.29, 1.82) is 0 Å². The van der Waals surface area contributed by atoms with Crippen LogP contribution in [0.15, 0.2) is 29.4 Å². The molecule has 1 saturated heterocycles. The molecule has 0 aromatic carbocycles. The van der Waals surface area contributed by atoms with Gasteiger partial charge in [-0.25, -0.2) is 8.42 Å². The summed E-state index contributed by atoms with van der Waals surface area (Å²) in [5.74, 6) is -1.56. The highest BCUT2D eigenvalue weighted by Crippen LogP contribution is 2.23. The van der Waals surface area contributed by atoms with Gasteiger partial charge in [-0.3, -0.25) is 9.78 Å². The number of rotatable bonds is 3. The molecule has 0 saturated carbocycles. The Hall–Kier alpha value is -1.47. The van der Waals surface area contributed by atoms with Crippen LogP contribution >= 0.6 is 0 Å². The minimum Gasteiger partial charge on any atom is -0.481 e. The molecule has 1 aromatic rings. The molecule has 1 N–H and O–H groups in total. The molecule has 0 amide bonds. The van der Waals surface area contributed by atoms with E-state index in [-0.39, 0.29) is 11.4 Å². The van der Waals surface area contributed by atoms with Gasteiger partial charge in [-0.05, 0) is 25.0 Å². The molecule has 18 heavy (non-hydrogen) atoms. The van der Waals surface area contributed by atoms with Crippen LogP contribution in [0.4, 0.5) is 0 Å². The van der Waals surface area contributed by atoms with Crippen LogP contribution in [0, 0.1) is 5.92 Å². The molecule has 1 fully saturated rings. The molecule has 1 aromatic heterocycles. The quantitative estimate of drug-likeness (QED) is 0.867. The highest BCUT2D eigenvalue weighted by Gasteiger charge is 2.33. The summed E-state index contributed by atoms with van der Waals surface area (Å²) >= 11 is 0. The van der Waals surface area contributed by atoms with Crippen LogP contribution in [0.2, 0.25) is 0 Å². The number of hydrogen-bond acceptors (Lipinski definition) is 4. The van der Waals surface area contributed by atoms with E-state index in [2.05, 4.69) is 4.98 Å². The Morgan fingerprint density at radius 1 is 1.50 bits per heavy atom. The van der Waals surface area contributed by atoms with Crippen molar-refractivity contribution in [3.63, 3.8) is 0 Å². The monoisotopic (exact) mass is 270 g/mol. The first-order valence-electron chi connectivity index (χ1n) is 5.65. The van der Waals surface area contributed by atoms with Crippen molar-refractivity contribution in [3.8, 4) is 0 Å². The van der Waals surface area contributed by atoms with Crippen molar-refractivity contribution in [2.75, 3.05) is 13.1 Å². The van der Waals surface area contributed by atoms with E-state index in [0.29, 0.717) is 19.4 Å². The number of carboxylic acid groups (broad SMARTS) is 1. The second-order valence-electron chi connectivity index (χ2n) is 4.23. The molecule has 0 bridgehead atoms. The zero-order chi connectivity index (χ0) is 13.2. The minimum atomic E-state index is -3.62. The number of piperidine rings is 1. The largest absolute Gasteiger partial charge is 0.481 e. The lowest BCUT2D eigenvalue weighted by Gasteiger charge is -2.29. The smallest absolute Gasteiger partial charge is 0.307 e. The summed E-state index contributed by atoms with van der Waals surface area (Å²) < 4.78 is 25.7. The maximum absolute atomic E-state index is 12.2. The topological polar surface area (TPSA) is 87.6 Å². The van der Waals surface area contributed by atoms with Crippen molar-refractivity contribution in [2.24, 2.45) is 5.92 Å². The number of hydrogen-bond donors (Lipinski definition) is 1. The number of aliphatic carboxylic acids is 1. The third-order valence-corrected chi connectivity index (χ3v) is 4.85. The molecule has 0 spiro atoms. The van der Waals surface area contributed by atoms with Gasteiger partial charge in [0, 0.05) is 25.5 Å². The number of carbonyl (C=O) groups is 1. The normalized spacial score (nSPS) is 21.7. The third kappa shape index (κ3) is 2.51. The number of carboxylic acids is 1. The lowest BCUT2D eigenvalue weighted by molar-refractivity contribution is -0.142. The van der Waals surface area contributed by atoms with Gasteiger partial charge in [0.2, 0.25) is 10.0 Å². The van der Waals surface area contributed by atoms with Crippen LogP contribution in [-0.4, -0.2) is 41.9 Å². The summed E-state index contributed by atoms with van der Waals surface area (Å²) in [6.45, 7) is 0.396. The van der Waals surface area contributed by atoms with E-state index in [4.69, 9.17) is 5.11 Å². The third-order valence-electron chi connectivity index (χ3n) is 3.01. The zero-order valence-corrected chi connectivity index (χ0v) is 10.5. The van der Waals surface area contributed by atoms with Crippen molar-refractivity contribution in [2.45, 2.75) is 17.7 Å². The van der Waals surface area contributed by atoms with Gasteiger partial charge in [-0.15, -0.1) is 0 Å². The fourth-order valence-corrected chi connectivity index (χ4v) is 3.50. The van der Waals surface area contributed by atoms with Crippen LogP contribution in [0.5, 0.6) is 0 Å². The number of aromatic nitrogens is 1. The summed E-state index contributed by atoms with van der Waals surface area (Å²) in [5.41, 5.74) is 0. The van der Waals surface area contributed by atoms with Crippen molar-refractivity contribution >= 4 is 16.0 Å². The highest BCUT2D eigenvalue weighted by atomic mass is 32.2. The predicted octanol–water partition coefficient (Wildman–Crippen LogP) is 0.567. The van der Waals surface area contributed by atoms with Gasteiger partial charge in [-0.2, -0.15) is 4.31 Å². The molecule has 1 aliphatic rings. The molecule has 7 heteroatoms. The molecular weight excluding hydrogens is 256 g/mol. The molecular formula is C11H14N2O4S. The van der Waals surface area contributed by atoms with Crippen LogP contribution in [0.1, 0.15) is 12.8 Å². The molecule has 0 radical (unpaired) electrons. The zero-order valence-electron chi connectivity index (χ0n) is 9.69. The van der Waals surface area contributed by atoms with Crippen molar-refractivity contribution < 1.29 is 18.3 Å². The number of sulfonamides is 1. The Balaban J connectivity index is 2.23. The van der Waals surface area contributed by atoms with Crippen LogP contribution in [-0.2, 0) is 14.8 Å². The van der Waals surface area contributed by atoms with E-state index in [0.717, 1.165) is 0 Å². The van der Waals surface area contributed by atoms with Gasteiger partial charge in [0.25, 0.3) is 0 Å². The Labute approximate surface area is 105 Å². The SMILES string of the molecule is O=C(O)C1CCCN(S(=O)(=O)c2cccnc2)C1. The maximum Gasteiger partial charge on any atom is 0.307 e. The second-order valence-corrected chi connectivity index (χ2v) is 6.17. The molecule has 98 valence electrons. The molecule has 2 rings (SSSR count). The summed E-state index contributed by atoms with van der Waals surface area (Å²) in [5, 5.41) is 8.96. The Morgan fingerprint density at radius 2 is 2.28 bits per heavy atom. The van der Waals surface area contributed by atoms with Crippen molar-refractivity contribution in [3.05, 3.63) is 24.5 Å². The van der Waals surface area contributed by atoms with Crippen LogP contribution in [0.25, 0.3) is 0 Å². The van der Waals surface area contributed by atoms with E-state index in [1.807, 2.05) is 0 Å². The molecule has 2 heterocycles. The predicted molar refractivity (Wildman–Crippen MR) is 63.4 cm³/mol. The van der Waals surface area contributed by atoms with E-state index in [1.54, 1.807) is 6.07 Å². The van der Waals surface area contributed by atoms with Gasteiger partial charge in [0.05, 0.1) is 5.92 Å². The Kier molecular flexibility index (Phi) is 3.63. The summed E-state index contributed by atoms with van der Waals surface area (Å²) in [4.78, 5) is 14.8. The highest BCUT2D eigenvalue weighted by molar-refractivity contribution is 7.89. The van der Waals surface area contributed by atoms with E-state index < -0.39 is 21.9 Å². The lowest BCUT2D eigenvalue weighted by atomic mass is 10.0. The van der Waals surface area contributed by atoms with Gasteiger partial charge >= 0.3 is 5.97 Å². The van der Waals surface area contributed by atoms with E-state index >= 15 is 0 Å². The molecule has 1 atom stereocenters. The summed E-state index contributed by atoms with van der Waals surface area (Å²) in [6, 6.07) is 3.01. The maximum atomic E-state index is 12.2. The Bertz CT molecular complexity index is 529. The second kappa shape index (κ2) is 5.03. The Morgan fingerprint density at radius 3 is 2.89 bits per heavy atom. The van der Waals surface area contributed by atoms with Gasteiger partial charge < -0.3 is 5.11 Å². The van der Waals surface area contributed by atoms with E-state index in [9.17, 15) is 13.2 Å². The number of nitrogens with zero attached hydrogens (tertiary/aromatic N) is 2. The summed E-state index contributed by atoms with van der Waals surface area (Å²) in [7, 11) is -3.62. The molecule has 1 unspecified atom stereocenters. The average Bonchev–Trinajstić information content (AvgIpc) is 2.40. The van der Waals surface area contributed by atoms with Gasteiger partial charge in [0.15, 0.2) is 0 Å². The minimum absolute atomic E-state index is 0.0343. The van der Waals surface area contributed by atoms with Crippen molar-refractivity contribution in [1.82, 2.24) is 9.29 Å². The standard InChI is InChI=1S/C11H14N2O4S/c14-11(15)9-3-2-6-13(8-9)18(16,17)10-4-1-5-12-7-10/h1,4-5,7,9H,2-3,6,8H2,(H,14,15). The van der Waals surface area contributed by atoms with Crippen LogP contribution in [0.3, 0.4) is 0 Å². The molecule has 6 nitrogen and oxygen atoms in total. The number of pyridine rings is 1. The molecule has 1 aliphatic heterocycles. The first-order valence-corrected chi connectivity index (χ1v) is 7.09. The summed E-state index contributed by atoms with van der Waals surface area (Å²) in [6.07, 6.45) is 3.86. The fraction of sp³-hybridized carbons (Fsp3) is 0.455. The fourth-order valence-electron chi connectivity index (χ4n) is 2.01. The lowest BCUT2D eigenvalue weighted by Crippen LogP contribution is -2.42. The first kappa shape index (κ1) is 13.0. The van der Waals surface area contributed by atoms with Crippen LogP contribution < -0.4 is 0 Å². The molecule has 0 aliphatic carbocycles. The average molecular weight is 270 g/mol. The van der Waals surface area contributed by atoms with E-state index in [1.165, 1.54) is 22.8 Å².